The Morgan fingerprint density at radius 2 is 1.86 bits per heavy atom. The first kappa shape index (κ1) is 13.5. The SMILES string of the molecule is Nc1ccccc1OCCN1CCc2ccccc2C1=O. The van der Waals surface area contributed by atoms with E-state index in [4.69, 9.17) is 10.5 Å². The second-order valence-corrected chi connectivity index (χ2v) is 5.09. The van der Waals surface area contributed by atoms with Crippen LogP contribution in [-0.2, 0) is 6.42 Å². The number of amides is 1. The van der Waals surface area contributed by atoms with Gasteiger partial charge in [-0.2, -0.15) is 0 Å². The molecule has 1 heterocycles. The summed E-state index contributed by atoms with van der Waals surface area (Å²) in [5.41, 5.74) is 8.38. The van der Waals surface area contributed by atoms with Crippen LogP contribution in [0.4, 0.5) is 5.69 Å². The first-order valence-corrected chi connectivity index (χ1v) is 7.10. The fourth-order valence-electron chi connectivity index (χ4n) is 2.57. The van der Waals surface area contributed by atoms with Crippen molar-refractivity contribution in [1.82, 2.24) is 4.90 Å². The molecular formula is C17H18N2O2. The third-order valence-corrected chi connectivity index (χ3v) is 3.72. The van der Waals surface area contributed by atoms with Gasteiger partial charge in [-0.15, -0.1) is 0 Å². The van der Waals surface area contributed by atoms with Crippen molar-refractivity contribution in [3.8, 4) is 5.75 Å². The number of carbonyl (C=O) groups excluding carboxylic acids is 1. The number of carbonyl (C=O) groups is 1. The molecule has 0 aliphatic carbocycles. The van der Waals surface area contributed by atoms with Crippen LogP contribution in [0, 0.1) is 0 Å². The topological polar surface area (TPSA) is 55.6 Å². The average Bonchev–Trinajstić information content (AvgIpc) is 2.52. The van der Waals surface area contributed by atoms with Gasteiger partial charge in [0.05, 0.1) is 12.2 Å². The lowest BCUT2D eigenvalue weighted by Gasteiger charge is -2.28. The van der Waals surface area contributed by atoms with E-state index in [1.807, 2.05) is 47.4 Å². The zero-order valence-electron chi connectivity index (χ0n) is 11.8. The number of benzene rings is 2. The van der Waals surface area contributed by atoms with Crippen molar-refractivity contribution in [2.24, 2.45) is 0 Å². The Bertz CT molecular complexity index is 655. The van der Waals surface area contributed by atoms with E-state index in [1.165, 1.54) is 0 Å². The number of rotatable bonds is 4. The number of fused-ring (bicyclic) bond motifs is 1. The minimum atomic E-state index is 0.0847. The molecule has 0 bridgehead atoms. The Morgan fingerprint density at radius 1 is 1.10 bits per heavy atom. The molecule has 0 aromatic heterocycles. The number of nitrogens with zero attached hydrogens (tertiary/aromatic N) is 1. The van der Waals surface area contributed by atoms with Crippen molar-refractivity contribution in [1.29, 1.82) is 0 Å². The molecule has 1 aliphatic rings. The highest BCUT2D eigenvalue weighted by molar-refractivity contribution is 5.96. The molecule has 0 radical (unpaired) electrons. The van der Waals surface area contributed by atoms with Gasteiger partial charge in [0.25, 0.3) is 5.91 Å². The van der Waals surface area contributed by atoms with E-state index < -0.39 is 0 Å². The molecule has 3 rings (SSSR count). The van der Waals surface area contributed by atoms with E-state index in [-0.39, 0.29) is 5.91 Å². The third-order valence-electron chi connectivity index (χ3n) is 3.72. The van der Waals surface area contributed by atoms with Gasteiger partial charge in [0.1, 0.15) is 12.4 Å². The molecule has 0 saturated carbocycles. The first-order valence-electron chi connectivity index (χ1n) is 7.10. The van der Waals surface area contributed by atoms with E-state index in [9.17, 15) is 4.79 Å². The summed E-state index contributed by atoms with van der Waals surface area (Å²) < 4.78 is 5.66. The molecule has 0 fully saturated rings. The van der Waals surface area contributed by atoms with Crippen LogP contribution in [0.15, 0.2) is 48.5 Å². The lowest BCUT2D eigenvalue weighted by Crippen LogP contribution is -2.40. The van der Waals surface area contributed by atoms with Crippen LogP contribution in [0.1, 0.15) is 15.9 Å². The second kappa shape index (κ2) is 5.87. The number of para-hydroxylation sites is 2. The van der Waals surface area contributed by atoms with E-state index in [0.717, 1.165) is 24.1 Å². The molecule has 1 amide bonds. The summed E-state index contributed by atoms with van der Waals surface area (Å²) in [5, 5.41) is 0. The maximum Gasteiger partial charge on any atom is 0.254 e. The molecule has 4 nitrogen and oxygen atoms in total. The number of nitrogens with two attached hydrogens (primary N) is 1. The summed E-state index contributed by atoms with van der Waals surface area (Å²) in [5.74, 6) is 0.754. The van der Waals surface area contributed by atoms with Gasteiger partial charge in [-0.1, -0.05) is 30.3 Å². The molecule has 0 atom stereocenters. The van der Waals surface area contributed by atoms with Gasteiger partial charge in [-0.25, -0.2) is 0 Å². The highest BCUT2D eigenvalue weighted by Crippen LogP contribution is 2.21. The Balaban J connectivity index is 1.60. The molecule has 2 N–H and O–H groups in total. The molecule has 108 valence electrons. The fraction of sp³-hybridized carbons (Fsp3) is 0.235. The average molecular weight is 282 g/mol. The van der Waals surface area contributed by atoms with Crippen LogP contribution in [0.25, 0.3) is 0 Å². The Kier molecular flexibility index (Phi) is 3.77. The monoisotopic (exact) mass is 282 g/mol. The number of hydrogen-bond acceptors (Lipinski definition) is 3. The van der Waals surface area contributed by atoms with Crippen molar-refractivity contribution < 1.29 is 9.53 Å². The Labute approximate surface area is 124 Å². The summed E-state index contributed by atoms with van der Waals surface area (Å²) in [4.78, 5) is 14.2. The van der Waals surface area contributed by atoms with Crippen molar-refractivity contribution in [3.63, 3.8) is 0 Å². The number of hydrogen-bond donors (Lipinski definition) is 1. The highest BCUT2D eigenvalue weighted by atomic mass is 16.5. The first-order chi connectivity index (χ1) is 10.3. The molecule has 21 heavy (non-hydrogen) atoms. The lowest BCUT2D eigenvalue weighted by atomic mass is 9.99. The predicted octanol–water partition coefficient (Wildman–Crippen LogP) is 2.35. The molecule has 2 aromatic rings. The molecule has 1 aliphatic heterocycles. The normalized spacial score (nSPS) is 13.9. The smallest absolute Gasteiger partial charge is 0.254 e. The predicted molar refractivity (Wildman–Crippen MR) is 82.4 cm³/mol. The van der Waals surface area contributed by atoms with Crippen molar-refractivity contribution in [2.75, 3.05) is 25.4 Å². The van der Waals surface area contributed by atoms with Gasteiger partial charge in [0.2, 0.25) is 0 Å². The van der Waals surface area contributed by atoms with Gasteiger partial charge in [-0.3, -0.25) is 4.79 Å². The van der Waals surface area contributed by atoms with Gasteiger partial charge < -0.3 is 15.4 Å². The summed E-state index contributed by atoms with van der Waals surface area (Å²) >= 11 is 0. The second-order valence-electron chi connectivity index (χ2n) is 5.09. The Morgan fingerprint density at radius 3 is 2.71 bits per heavy atom. The van der Waals surface area contributed by atoms with Crippen LogP contribution < -0.4 is 10.5 Å². The van der Waals surface area contributed by atoms with Crippen LogP contribution in [0.5, 0.6) is 5.75 Å². The minimum absolute atomic E-state index is 0.0847. The summed E-state index contributed by atoms with van der Waals surface area (Å²) in [6.45, 7) is 1.76. The standard InChI is InChI=1S/C17H18N2O2/c18-15-7-3-4-8-16(15)21-12-11-19-10-9-13-5-1-2-6-14(13)17(19)20/h1-8H,9-12,18H2. The lowest BCUT2D eigenvalue weighted by molar-refractivity contribution is 0.0714. The maximum absolute atomic E-state index is 12.4. The van der Waals surface area contributed by atoms with E-state index in [0.29, 0.717) is 24.6 Å². The third kappa shape index (κ3) is 2.84. The minimum Gasteiger partial charge on any atom is -0.490 e. The van der Waals surface area contributed by atoms with Crippen LogP contribution >= 0.6 is 0 Å². The maximum atomic E-state index is 12.4. The quantitative estimate of drug-likeness (QED) is 0.876. The summed E-state index contributed by atoms with van der Waals surface area (Å²) in [6.07, 6.45) is 0.898. The molecule has 0 saturated heterocycles. The largest absolute Gasteiger partial charge is 0.490 e. The number of anilines is 1. The molecule has 2 aromatic carbocycles. The van der Waals surface area contributed by atoms with Gasteiger partial charge in [0, 0.05) is 12.1 Å². The van der Waals surface area contributed by atoms with Gasteiger partial charge >= 0.3 is 0 Å². The number of ether oxygens (including phenoxy) is 1. The fourth-order valence-corrected chi connectivity index (χ4v) is 2.57. The van der Waals surface area contributed by atoms with Crippen molar-refractivity contribution >= 4 is 11.6 Å². The number of nitrogen functional groups attached to an aromatic ring is 1. The zero-order chi connectivity index (χ0) is 14.7. The highest BCUT2D eigenvalue weighted by Gasteiger charge is 2.23. The summed E-state index contributed by atoms with van der Waals surface area (Å²) in [6, 6.07) is 15.2. The van der Waals surface area contributed by atoms with E-state index >= 15 is 0 Å². The molecule has 0 spiro atoms. The summed E-state index contributed by atoms with van der Waals surface area (Å²) in [7, 11) is 0. The molecule has 0 unspecified atom stereocenters. The Hall–Kier alpha value is -2.49. The van der Waals surface area contributed by atoms with Gasteiger partial charge in [-0.05, 0) is 30.2 Å². The zero-order valence-corrected chi connectivity index (χ0v) is 11.8. The van der Waals surface area contributed by atoms with Crippen molar-refractivity contribution in [2.45, 2.75) is 6.42 Å². The molecule has 4 heteroatoms. The van der Waals surface area contributed by atoms with Gasteiger partial charge in [0.15, 0.2) is 0 Å². The van der Waals surface area contributed by atoms with Crippen LogP contribution in [-0.4, -0.2) is 30.5 Å². The van der Waals surface area contributed by atoms with E-state index in [2.05, 4.69) is 0 Å². The van der Waals surface area contributed by atoms with E-state index in [1.54, 1.807) is 6.07 Å². The van der Waals surface area contributed by atoms with Crippen molar-refractivity contribution in [3.05, 3.63) is 59.7 Å². The van der Waals surface area contributed by atoms with Crippen LogP contribution in [0.2, 0.25) is 0 Å². The van der Waals surface area contributed by atoms with Crippen LogP contribution in [0.3, 0.4) is 0 Å². The molecular weight excluding hydrogens is 264 g/mol.